The lowest BCUT2D eigenvalue weighted by Gasteiger charge is -2.26. The molecular weight excluding hydrogens is 1630 g/mol. The van der Waals surface area contributed by atoms with Gasteiger partial charge in [-0.3, -0.25) is 13.9 Å². The third-order valence-corrected chi connectivity index (χ3v) is 23.2. The van der Waals surface area contributed by atoms with Gasteiger partial charge in [0.05, 0.1) is 52.4 Å². The summed E-state index contributed by atoms with van der Waals surface area (Å²) in [7, 11) is -3.40. The molecule has 0 saturated carbocycles. The van der Waals surface area contributed by atoms with Crippen LogP contribution in [0, 0.1) is 13.8 Å². The zero-order chi connectivity index (χ0) is 91.5. The summed E-state index contributed by atoms with van der Waals surface area (Å²) in [5.41, 5.74) is 19.2. The van der Waals surface area contributed by atoms with Crippen molar-refractivity contribution in [2.45, 2.75) is 218 Å². The molecule has 0 radical (unpaired) electrons. The lowest BCUT2D eigenvalue weighted by Crippen LogP contribution is -2.10. The van der Waals surface area contributed by atoms with Crippen LogP contribution in [-0.2, 0) is 40.2 Å². The quantitative estimate of drug-likeness (QED) is 0.0155. The van der Waals surface area contributed by atoms with E-state index in [4.69, 9.17) is 37.3 Å². The summed E-state index contributed by atoms with van der Waals surface area (Å²) in [6.07, 6.45) is 33.0. The van der Waals surface area contributed by atoms with E-state index in [-0.39, 0.29) is 21.5 Å². The van der Waals surface area contributed by atoms with Crippen LogP contribution in [0.5, 0.6) is 23.0 Å². The molecule has 11 aromatic rings. The first-order chi connectivity index (χ1) is 62.7. The standard InChI is InChI=1S/C60H64N2O2.C31H39NO3.C12H18O5P2.C5H12.C4H10O/c1-5-7-9-11-45-63-59-41-37-57(38-42-59)62(58-39-43-60(44-40-58)64-46-12-10-8-6-2)56-35-27-52(28-36-56)24-22-50-19-17-49(18-20-50)21-23-51-25-33-55(34-26-51)61(53-29-13-47(3)14-30-53)54-31-15-48(4)16-32-54;1-3-5-7-9-23-34-30-19-15-28(16-20-30)32(27-13-11-26(25-33)12-14-27)29-17-21-31(22-18-29)35-24-10-8-6-4-2;1-3-16-19(14,17-4-2)10-12-7-5-11(6-8-12)9-15-18-13;2*1-3-5-4-2/h13-44H,5-12,45-46H2,1-4H3;11-22,25H,3-10,23-24H2,1-2H3;5-8H,3-4,9-10H2,1-2H3;3-5H2,1-2H3;3-4H2,1-2H3/b23-21+,24-22+;;;;. The van der Waals surface area contributed by atoms with Crippen LogP contribution in [0.1, 0.15) is 246 Å². The summed E-state index contributed by atoms with van der Waals surface area (Å²) < 4.78 is 66.6. The third kappa shape index (κ3) is 39.1. The van der Waals surface area contributed by atoms with Gasteiger partial charge < -0.3 is 47.4 Å². The Kier molecular flexibility index (Phi) is 51.0. The summed E-state index contributed by atoms with van der Waals surface area (Å²) in [5, 5.41) is 0. The largest absolute Gasteiger partial charge is 0.494 e. The summed E-state index contributed by atoms with van der Waals surface area (Å²) in [5.74, 6) is 3.57. The molecule has 0 unspecified atom stereocenters. The van der Waals surface area contributed by atoms with Crippen LogP contribution in [0.2, 0.25) is 0 Å². The normalized spacial score (nSPS) is 11.0. The lowest BCUT2D eigenvalue weighted by atomic mass is 10.1. The zero-order valence-corrected chi connectivity index (χ0v) is 80.3. The van der Waals surface area contributed by atoms with Gasteiger partial charge in [0.15, 0.2) is 0 Å². The van der Waals surface area contributed by atoms with E-state index in [1.54, 1.807) is 13.8 Å². The first-order valence-corrected chi connectivity index (χ1v) is 49.3. The first kappa shape index (κ1) is 104. The van der Waals surface area contributed by atoms with Crippen molar-refractivity contribution >= 4 is 98.1 Å². The van der Waals surface area contributed by atoms with Gasteiger partial charge in [-0.2, -0.15) is 0 Å². The number of carbonyl (C=O) groups excluding carboxylic acids is 1. The summed E-state index contributed by atoms with van der Waals surface area (Å²) in [4.78, 5) is 17.9. The molecule has 0 heterocycles. The highest BCUT2D eigenvalue weighted by Crippen LogP contribution is 2.51. The minimum atomic E-state index is -3.06. The second-order valence-electron chi connectivity index (χ2n) is 31.4. The molecule has 0 saturated heterocycles. The number of hydrogen-bond acceptors (Lipinski definition) is 14. The van der Waals surface area contributed by atoms with Crippen molar-refractivity contribution in [3.63, 3.8) is 0 Å². The van der Waals surface area contributed by atoms with Gasteiger partial charge in [-0.25, -0.2) is 4.57 Å². The second-order valence-corrected chi connectivity index (χ2v) is 33.9. The predicted molar refractivity (Wildman–Crippen MR) is 542 cm³/mol. The number of rotatable bonds is 51. The summed E-state index contributed by atoms with van der Waals surface area (Å²) in [6, 6.07) is 92.0. The van der Waals surface area contributed by atoms with Crippen LogP contribution in [-0.4, -0.2) is 59.1 Å². The van der Waals surface area contributed by atoms with Crippen molar-refractivity contribution < 1.29 is 51.2 Å². The maximum Gasteiger partial charge on any atom is 0.335 e. The van der Waals surface area contributed by atoms with Gasteiger partial charge in [0.25, 0.3) is 0 Å². The number of carbonyl (C=O) groups is 1. The number of nitrogens with zero attached hydrogens (tertiary/aromatic N) is 3. The van der Waals surface area contributed by atoms with Crippen molar-refractivity contribution in [2.75, 3.05) is 67.6 Å². The van der Waals surface area contributed by atoms with E-state index in [1.165, 1.54) is 107 Å². The molecule has 682 valence electrons. The number of benzene rings is 11. The van der Waals surface area contributed by atoms with E-state index in [2.05, 4.69) is 289 Å². The Bertz CT molecular complexity index is 4680. The second kappa shape index (κ2) is 62.5. The Balaban J connectivity index is 0.000000290. The first-order valence-electron chi connectivity index (χ1n) is 46.8. The van der Waals surface area contributed by atoms with E-state index < -0.39 is 7.60 Å². The molecule has 0 aliphatic carbocycles. The Hall–Kier alpha value is -10.7. The van der Waals surface area contributed by atoms with Gasteiger partial charge in [0.1, 0.15) is 29.3 Å². The van der Waals surface area contributed by atoms with E-state index in [1.807, 2.05) is 86.6 Å². The molecule has 0 aliphatic rings. The number of hydrogen-bond donors (Lipinski definition) is 0. The van der Waals surface area contributed by atoms with Crippen molar-refractivity contribution in [2.24, 2.45) is 0 Å². The molecule has 0 aliphatic heterocycles. The number of ether oxygens (including phenoxy) is 5. The van der Waals surface area contributed by atoms with E-state index >= 15 is 0 Å². The fourth-order valence-corrected chi connectivity index (χ4v) is 15.7. The molecule has 0 N–H and O–H groups in total. The smallest absolute Gasteiger partial charge is 0.335 e. The highest BCUT2D eigenvalue weighted by molar-refractivity contribution is 7.53. The fraction of sp³-hybridized carbons (Fsp3) is 0.366. The Morgan fingerprint density at radius 1 is 0.281 bits per heavy atom. The van der Waals surface area contributed by atoms with Crippen molar-refractivity contribution in [1.82, 2.24) is 0 Å². The summed E-state index contributed by atoms with van der Waals surface area (Å²) >= 11 is 0. The monoisotopic (exact) mass is 1770 g/mol. The number of unbranched alkanes of at least 4 members (excludes halogenated alkanes) is 14. The molecule has 0 spiro atoms. The van der Waals surface area contributed by atoms with Crippen molar-refractivity contribution in [3.05, 3.63) is 317 Å². The molecule has 14 nitrogen and oxygen atoms in total. The molecule has 11 aromatic carbocycles. The maximum atomic E-state index is 12.3. The lowest BCUT2D eigenvalue weighted by molar-refractivity contribution is 0.112. The fourth-order valence-electron chi connectivity index (χ4n) is 13.8. The van der Waals surface area contributed by atoms with Crippen LogP contribution in [0.15, 0.2) is 267 Å². The van der Waals surface area contributed by atoms with Gasteiger partial charge in [0, 0.05) is 70.0 Å². The van der Waals surface area contributed by atoms with Crippen molar-refractivity contribution in [1.29, 1.82) is 0 Å². The average molecular weight is 1770 g/mol. The number of aldehydes is 1. The summed E-state index contributed by atoms with van der Waals surface area (Å²) in [6.45, 7) is 30.8. The minimum Gasteiger partial charge on any atom is -0.494 e. The molecular formula is C112H143N3O11P2. The molecule has 11 rings (SSSR count). The molecule has 0 atom stereocenters. The molecule has 128 heavy (non-hydrogen) atoms. The van der Waals surface area contributed by atoms with E-state index in [0.29, 0.717) is 18.8 Å². The third-order valence-electron chi connectivity index (χ3n) is 20.9. The molecule has 0 aromatic heterocycles. The minimum absolute atomic E-state index is 0.246. The van der Waals surface area contributed by atoms with Crippen LogP contribution < -0.4 is 33.6 Å². The van der Waals surface area contributed by atoms with E-state index in [9.17, 15) is 13.9 Å². The predicted octanol–water partition coefficient (Wildman–Crippen LogP) is 33.8. The number of anilines is 9. The Labute approximate surface area is 769 Å². The Morgan fingerprint density at radius 3 is 0.750 bits per heavy atom. The SMILES string of the molecule is CCCCC.CCCCCCOc1ccc(N(c2ccc(/C=C/c3ccc(/C=C/c4ccc(N(c5ccc(C)cc5)c5ccc(C)cc5)cc4)cc3)cc2)c2ccc(OCCCCCC)cc2)cc1.CCCCCCOc1ccc(N(c2ccc(C=O)cc2)c2ccc(OCCCCCC)cc2)cc1.CCOCC.CCOP(=O)(Cc1ccc(COP=O)cc1)OCC. The molecule has 16 heteroatoms. The van der Waals surface area contributed by atoms with Gasteiger partial charge in [0.2, 0.25) is 0 Å². The van der Waals surface area contributed by atoms with Crippen LogP contribution >= 0.6 is 16.3 Å². The molecule has 0 bridgehead atoms. The van der Waals surface area contributed by atoms with Crippen molar-refractivity contribution in [3.8, 4) is 23.0 Å². The Morgan fingerprint density at radius 2 is 0.523 bits per heavy atom. The number of aryl methyl sites for hydroxylation is 2. The van der Waals surface area contributed by atoms with Crippen LogP contribution in [0.25, 0.3) is 24.3 Å². The maximum absolute atomic E-state index is 12.3. The van der Waals surface area contributed by atoms with Gasteiger partial charge in [-0.15, -0.1) is 0 Å². The molecule has 0 amide bonds. The highest BCUT2D eigenvalue weighted by atomic mass is 31.2. The zero-order valence-electron chi connectivity index (χ0n) is 78.5. The van der Waals surface area contributed by atoms with Gasteiger partial charge in [-0.1, -0.05) is 270 Å². The van der Waals surface area contributed by atoms with Crippen LogP contribution in [0.3, 0.4) is 0 Å². The average Bonchev–Trinajstić information content (AvgIpc) is 0.814. The van der Waals surface area contributed by atoms with E-state index in [0.717, 1.165) is 179 Å². The van der Waals surface area contributed by atoms with Gasteiger partial charge in [-0.05, 0) is 270 Å². The van der Waals surface area contributed by atoms with Crippen LogP contribution in [0.4, 0.5) is 51.2 Å². The topological polar surface area (TPSA) is 135 Å². The highest BCUT2D eigenvalue weighted by Gasteiger charge is 2.24. The van der Waals surface area contributed by atoms with Gasteiger partial charge >= 0.3 is 16.3 Å². The molecule has 0 fully saturated rings.